The van der Waals surface area contributed by atoms with Gasteiger partial charge in [-0.2, -0.15) is 17.9 Å². The first-order valence-corrected chi connectivity index (χ1v) is 11.8. The molecule has 9 heteroatoms. The van der Waals surface area contributed by atoms with Crippen LogP contribution >= 0.6 is 11.6 Å². The van der Waals surface area contributed by atoms with E-state index in [1.54, 1.807) is 36.4 Å². The number of phenols is 1. The Balaban J connectivity index is 1.91. The third kappa shape index (κ3) is 5.34. The van der Waals surface area contributed by atoms with Gasteiger partial charge in [0.1, 0.15) is 5.75 Å². The highest BCUT2D eigenvalue weighted by molar-refractivity contribution is 6.31. The first-order valence-electron chi connectivity index (χ1n) is 11.4. The second kappa shape index (κ2) is 10.2. The molecule has 0 atom stereocenters. The van der Waals surface area contributed by atoms with Crippen molar-refractivity contribution in [2.45, 2.75) is 26.6 Å². The average Bonchev–Trinajstić information content (AvgIpc) is 2.85. The topological polar surface area (TPSA) is 61.0 Å². The Morgan fingerprint density at radius 3 is 2.31 bits per heavy atom. The molecule has 0 radical (unpaired) electrons. The van der Waals surface area contributed by atoms with Crippen LogP contribution in [0.15, 0.2) is 71.9 Å². The van der Waals surface area contributed by atoms with Gasteiger partial charge in [-0.25, -0.2) is 4.99 Å². The molecule has 188 valence electrons. The fraction of sp³-hybridized carbons (Fsp3) is 0.222. The Morgan fingerprint density at radius 1 is 0.972 bits per heavy atom. The van der Waals surface area contributed by atoms with Crippen LogP contribution in [-0.4, -0.2) is 33.0 Å². The minimum atomic E-state index is -4.45. The van der Waals surface area contributed by atoms with Crippen molar-refractivity contribution in [3.05, 3.63) is 88.4 Å². The summed E-state index contributed by atoms with van der Waals surface area (Å²) in [7, 11) is 0. The van der Waals surface area contributed by atoms with Gasteiger partial charge in [-0.15, -0.1) is 0 Å². The molecule has 4 rings (SSSR count). The normalized spacial score (nSPS) is 12.6. The molecular formula is C27H25ClF3N3O2. The minimum Gasteiger partial charge on any atom is -0.507 e. The number of rotatable bonds is 6. The highest BCUT2D eigenvalue weighted by Gasteiger charge is 2.30. The van der Waals surface area contributed by atoms with Crippen molar-refractivity contribution >= 4 is 28.2 Å². The first-order chi connectivity index (χ1) is 17.1. The summed E-state index contributed by atoms with van der Waals surface area (Å²) in [6.07, 6.45) is -3.00. The molecule has 0 bridgehead atoms. The van der Waals surface area contributed by atoms with Gasteiger partial charge >= 0.3 is 6.18 Å². The number of aromatic nitrogens is 1. The van der Waals surface area contributed by atoms with E-state index < -0.39 is 11.7 Å². The van der Waals surface area contributed by atoms with Crippen molar-refractivity contribution in [2.24, 2.45) is 4.99 Å². The summed E-state index contributed by atoms with van der Waals surface area (Å²) < 4.78 is 40.2. The van der Waals surface area contributed by atoms with Crippen LogP contribution in [0.5, 0.6) is 5.75 Å². The maximum Gasteiger partial charge on any atom is 0.416 e. The lowest BCUT2D eigenvalue weighted by atomic mass is 9.98. The molecule has 5 nitrogen and oxygen atoms in total. The summed E-state index contributed by atoms with van der Waals surface area (Å²) in [5.41, 5.74) is 1.64. The fourth-order valence-electron chi connectivity index (χ4n) is 4.07. The molecule has 0 unspecified atom stereocenters. The minimum absolute atomic E-state index is 0.00138. The van der Waals surface area contributed by atoms with Gasteiger partial charge in [0.2, 0.25) is 0 Å². The van der Waals surface area contributed by atoms with E-state index in [1.807, 2.05) is 13.8 Å². The van der Waals surface area contributed by atoms with Crippen molar-refractivity contribution in [1.82, 2.24) is 9.63 Å². The van der Waals surface area contributed by atoms with E-state index in [4.69, 9.17) is 16.6 Å². The zero-order valence-electron chi connectivity index (χ0n) is 19.7. The van der Waals surface area contributed by atoms with Crippen LogP contribution in [0.3, 0.4) is 0 Å². The second-order valence-corrected chi connectivity index (χ2v) is 8.79. The Labute approximate surface area is 211 Å². The van der Waals surface area contributed by atoms with Gasteiger partial charge in [-0.05, 0) is 67.2 Å². The van der Waals surface area contributed by atoms with E-state index in [1.165, 1.54) is 18.3 Å². The van der Waals surface area contributed by atoms with Crippen molar-refractivity contribution in [3.63, 3.8) is 0 Å². The fourth-order valence-corrected chi connectivity index (χ4v) is 4.23. The summed E-state index contributed by atoms with van der Waals surface area (Å²) in [5, 5.41) is 23.0. The number of pyridine rings is 1. The number of alkyl halides is 3. The van der Waals surface area contributed by atoms with E-state index in [0.717, 1.165) is 30.0 Å². The number of phenolic OH excluding ortho intramolecular Hbond substituents is 1. The van der Waals surface area contributed by atoms with Crippen LogP contribution in [0.25, 0.3) is 22.0 Å². The summed E-state index contributed by atoms with van der Waals surface area (Å²) in [5.74, 6) is -0.00138. The summed E-state index contributed by atoms with van der Waals surface area (Å²) in [4.78, 5) is 6.88. The van der Waals surface area contributed by atoms with Crippen LogP contribution in [0.4, 0.5) is 18.9 Å². The molecule has 0 aliphatic heterocycles. The smallest absolute Gasteiger partial charge is 0.416 e. The van der Waals surface area contributed by atoms with Gasteiger partial charge in [0, 0.05) is 34.3 Å². The molecule has 4 aromatic rings. The number of nitrogens with zero attached hydrogens (tertiary/aromatic N) is 3. The van der Waals surface area contributed by atoms with Crippen LogP contribution in [0, 0.1) is 0 Å². The second-order valence-electron chi connectivity index (χ2n) is 8.36. The van der Waals surface area contributed by atoms with Crippen LogP contribution < -0.4 is 5.36 Å². The molecule has 0 amide bonds. The molecule has 0 aliphatic carbocycles. The van der Waals surface area contributed by atoms with Crippen molar-refractivity contribution in [2.75, 3.05) is 13.1 Å². The van der Waals surface area contributed by atoms with E-state index in [-0.39, 0.29) is 5.75 Å². The molecule has 0 aliphatic rings. The van der Waals surface area contributed by atoms with Crippen LogP contribution in [0.1, 0.15) is 25.0 Å². The van der Waals surface area contributed by atoms with E-state index in [9.17, 15) is 23.5 Å². The Kier molecular flexibility index (Phi) is 7.28. The highest BCUT2D eigenvalue weighted by Crippen LogP contribution is 2.38. The average molecular weight is 516 g/mol. The maximum atomic E-state index is 13.1. The zero-order chi connectivity index (χ0) is 26.0. The molecule has 1 aromatic heterocycles. The highest BCUT2D eigenvalue weighted by atomic mass is 35.5. The van der Waals surface area contributed by atoms with Crippen molar-refractivity contribution < 1.29 is 23.5 Å². The predicted octanol–water partition coefficient (Wildman–Crippen LogP) is 7.00. The van der Waals surface area contributed by atoms with Gasteiger partial charge in [-0.1, -0.05) is 37.6 Å². The number of aromatic hydroxyl groups is 1. The number of fused-ring (bicyclic) bond motifs is 1. The number of benzene rings is 3. The third-order valence-corrected chi connectivity index (χ3v) is 6.33. The SMILES string of the molecule is CCN(CC)Cc1cc(N=c2ccn(O)c3cc(Cl)ccc23)cc(-c2ccc(C(F)(F)F)cc2)c1O. The summed E-state index contributed by atoms with van der Waals surface area (Å²) >= 11 is 6.09. The van der Waals surface area contributed by atoms with E-state index >= 15 is 0 Å². The number of hydrogen-bond acceptors (Lipinski definition) is 4. The third-order valence-electron chi connectivity index (χ3n) is 6.09. The van der Waals surface area contributed by atoms with Crippen LogP contribution in [0.2, 0.25) is 5.02 Å². The molecule has 1 heterocycles. The van der Waals surface area contributed by atoms with Gasteiger partial charge in [-0.3, -0.25) is 4.90 Å². The van der Waals surface area contributed by atoms with Crippen molar-refractivity contribution in [3.8, 4) is 16.9 Å². The molecule has 0 saturated carbocycles. The Hall–Kier alpha value is -3.49. The molecule has 0 fully saturated rings. The number of hydrogen-bond donors (Lipinski definition) is 2. The van der Waals surface area contributed by atoms with Crippen molar-refractivity contribution in [1.29, 1.82) is 0 Å². The monoisotopic (exact) mass is 515 g/mol. The van der Waals surface area contributed by atoms with Gasteiger partial charge < -0.3 is 10.3 Å². The lowest BCUT2D eigenvalue weighted by Gasteiger charge is -2.20. The quantitative estimate of drug-likeness (QED) is 0.272. The largest absolute Gasteiger partial charge is 0.507 e. The lowest BCUT2D eigenvalue weighted by Crippen LogP contribution is -2.22. The standard InChI is InChI=1S/C27H25ClF3N3O2/c1-3-33(4-2)16-18-13-21(32-24-11-12-34(36)25-14-20(28)9-10-22(24)25)15-23(26(18)35)17-5-7-19(8-6-17)27(29,30)31/h5-15,35-36H,3-4,16H2,1-2H3. The molecule has 3 aromatic carbocycles. The molecular weight excluding hydrogens is 491 g/mol. The van der Waals surface area contributed by atoms with Gasteiger partial charge in [0.05, 0.1) is 22.1 Å². The van der Waals surface area contributed by atoms with Crippen LogP contribution in [-0.2, 0) is 12.7 Å². The molecule has 2 N–H and O–H groups in total. The molecule has 0 saturated heterocycles. The first kappa shape index (κ1) is 25.6. The Bertz CT molecular complexity index is 1460. The van der Waals surface area contributed by atoms with E-state index in [2.05, 4.69) is 4.90 Å². The predicted molar refractivity (Wildman–Crippen MR) is 135 cm³/mol. The lowest BCUT2D eigenvalue weighted by molar-refractivity contribution is -0.137. The van der Waals surface area contributed by atoms with E-state index in [0.29, 0.717) is 50.2 Å². The summed E-state index contributed by atoms with van der Waals surface area (Å²) in [6, 6.07) is 14.8. The Morgan fingerprint density at radius 2 is 1.67 bits per heavy atom. The molecule has 0 spiro atoms. The molecule has 36 heavy (non-hydrogen) atoms. The van der Waals surface area contributed by atoms with Gasteiger partial charge in [0.25, 0.3) is 0 Å². The van der Waals surface area contributed by atoms with Gasteiger partial charge in [0.15, 0.2) is 0 Å². The number of halogens is 4. The maximum absolute atomic E-state index is 13.1. The summed E-state index contributed by atoms with van der Waals surface area (Å²) in [6.45, 7) is 5.98. The zero-order valence-corrected chi connectivity index (χ0v) is 20.5.